The molecule has 1 aliphatic heterocycles. The Morgan fingerprint density at radius 2 is 2.09 bits per heavy atom. The van der Waals surface area contributed by atoms with Gasteiger partial charge in [-0.25, -0.2) is 12.7 Å². The van der Waals surface area contributed by atoms with Gasteiger partial charge in [0.1, 0.15) is 0 Å². The Morgan fingerprint density at radius 3 is 2.68 bits per heavy atom. The van der Waals surface area contributed by atoms with Crippen LogP contribution in [-0.4, -0.2) is 72.7 Å². The van der Waals surface area contributed by atoms with Crippen molar-refractivity contribution in [3.8, 4) is 0 Å². The summed E-state index contributed by atoms with van der Waals surface area (Å²) in [5.41, 5.74) is 1.32. The quantitative estimate of drug-likeness (QED) is 0.821. The van der Waals surface area contributed by atoms with Gasteiger partial charge in [-0.15, -0.1) is 0 Å². The third-order valence-corrected chi connectivity index (χ3v) is 5.76. The average molecular weight is 327 g/mol. The number of aromatic nitrogens is 1. The van der Waals surface area contributed by atoms with Crippen molar-refractivity contribution in [2.24, 2.45) is 5.92 Å². The van der Waals surface area contributed by atoms with Gasteiger partial charge in [-0.1, -0.05) is 0 Å². The van der Waals surface area contributed by atoms with Gasteiger partial charge in [-0.05, 0) is 18.6 Å². The van der Waals surface area contributed by atoms with Gasteiger partial charge in [0.15, 0.2) is 0 Å². The second-order valence-electron chi connectivity index (χ2n) is 5.85. The number of carbonyl (C=O) groups excluding carboxylic acids is 1. The summed E-state index contributed by atoms with van der Waals surface area (Å²) in [6.07, 6.45) is 2.30. The van der Waals surface area contributed by atoms with Crippen LogP contribution in [0, 0.1) is 12.8 Å². The average Bonchev–Trinajstić information content (AvgIpc) is 2.78. The number of β-amino-alcohol motifs (C(OH)–C–C–N with tert-alkyl or cyclic N) is 1. The number of carbonyl (C=O) groups is 1. The maximum absolute atomic E-state index is 12.4. The Morgan fingerprint density at radius 1 is 1.41 bits per heavy atom. The van der Waals surface area contributed by atoms with Crippen LogP contribution in [0.5, 0.6) is 0 Å². The van der Waals surface area contributed by atoms with Crippen LogP contribution < -0.4 is 0 Å². The van der Waals surface area contributed by atoms with Crippen LogP contribution in [0.1, 0.15) is 15.9 Å². The van der Waals surface area contributed by atoms with Gasteiger partial charge >= 0.3 is 0 Å². The number of amides is 1. The molecule has 0 radical (unpaired) electrons. The lowest BCUT2D eigenvalue weighted by Gasteiger charge is -2.18. The number of aryl methyl sites for hydroxylation is 1. The van der Waals surface area contributed by atoms with E-state index < -0.39 is 22.0 Å². The Kier molecular flexibility index (Phi) is 4.84. The summed E-state index contributed by atoms with van der Waals surface area (Å²) in [4.78, 5) is 17.9. The molecule has 8 heteroatoms. The lowest BCUT2D eigenvalue weighted by molar-refractivity contribution is 0.0764. The topological polar surface area (TPSA) is 90.8 Å². The zero-order chi connectivity index (χ0) is 16.5. The smallest absolute Gasteiger partial charge is 0.255 e. The summed E-state index contributed by atoms with van der Waals surface area (Å²) in [6.45, 7) is 2.20. The minimum absolute atomic E-state index is 0.139. The largest absolute Gasteiger partial charge is 0.391 e. The lowest BCUT2D eigenvalue weighted by Crippen LogP contribution is -2.33. The fourth-order valence-electron chi connectivity index (χ4n) is 2.46. The third kappa shape index (κ3) is 3.63. The van der Waals surface area contributed by atoms with Gasteiger partial charge in [0.05, 0.1) is 17.4 Å². The van der Waals surface area contributed by atoms with E-state index in [1.807, 2.05) is 6.92 Å². The first-order chi connectivity index (χ1) is 10.2. The summed E-state index contributed by atoms with van der Waals surface area (Å²) in [7, 11) is -0.499. The predicted molar refractivity (Wildman–Crippen MR) is 81.8 cm³/mol. The van der Waals surface area contributed by atoms with E-state index in [2.05, 4.69) is 4.98 Å². The maximum atomic E-state index is 12.4. The number of sulfonamides is 1. The van der Waals surface area contributed by atoms with Crippen molar-refractivity contribution in [1.29, 1.82) is 0 Å². The first-order valence-corrected chi connectivity index (χ1v) is 8.61. The lowest BCUT2D eigenvalue weighted by atomic mass is 10.1. The molecule has 1 N–H and O–H groups in total. The third-order valence-electron chi connectivity index (χ3n) is 3.80. The van der Waals surface area contributed by atoms with Crippen LogP contribution in [0.25, 0.3) is 0 Å². The highest BCUT2D eigenvalue weighted by atomic mass is 32.2. The van der Waals surface area contributed by atoms with Crippen LogP contribution in [0.15, 0.2) is 18.5 Å². The molecule has 22 heavy (non-hydrogen) atoms. The first kappa shape index (κ1) is 16.9. The van der Waals surface area contributed by atoms with Crippen LogP contribution in [0.4, 0.5) is 0 Å². The maximum Gasteiger partial charge on any atom is 0.255 e. The highest BCUT2D eigenvalue weighted by Crippen LogP contribution is 2.21. The minimum Gasteiger partial charge on any atom is -0.391 e. The van der Waals surface area contributed by atoms with Crippen molar-refractivity contribution in [3.63, 3.8) is 0 Å². The van der Waals surface area contributed by atoms with Crippen LogP contribution in [-0.2, 0) is 10.0 Å². The summed E-state index contributed by atoms with van der Waals surface area (Å²) < 4.78 is 25.0. The van der Waals surface area contributed by atoms with Gasteiger partial charge in [0.2, 0.25) is 10.0 Å². The van der Waals surface area contributed by atoms with E-state index in [4.69, 9.17) is 0 Å². The molecule has 1 fully saturated rings. The molecule has 1 aromatic heterocycles. The van der Waals surface area contributed by atoms with Crippen molar-refractivity contribution < 1.29 is 18.3 Å². The zero-order valence-electron chi connectivity index (χ0n) is 12.9. The summed E-state index contributed by atoms with van der Waals surface area (Å²) in [5, 5.41) is 10.1. The first-order valence-electron chi connectivity index (χ1n) is 7.00. The number of hydrogen-bond acceptors (Lipinski definition) is 5. The minimum atomic E-state index is -3.41. The van der Waals surface area contributed by atoms with Gasteiger partial charge in [0, 0.05) is 45.5 Å². The van der Waals surface area contributed by atoms with Crippen LogP contribution >= 0.6 is 0 Å². The molecule has 2 atom stereocenters. The van der Waals surface area contributed by atoms with Crippen molar-refractivity contribution in [3.05, 3.63) is 29.6 Å². The van der Waals surface area contributed by atoms with E-state index in [0.29, 0.717) is 5.56 Å². The summed E-state index contributed by atoms with van der Waals surface area (Å²) in [5.74, 6) is -0.883. The molecule has 0 unspecified atom stereocenters. The fraction of sp³-hybridized carbons (Fsp3) is 0.571. The second-order valence-corrected chi connectivity index (χ2v) is 8.08. The molecule has 0 spiro atoms. The molecule has 2 heterocycles. The Hall–Kier alpha value is -1.51. The molecule has 1 saturated heterocycles. The number of aliphatic hydroxyl groups is 1. The Labute approximate surface area is 130 Å². The van der Waals surface area contributed by atoms with Crippen molar-refractivity contribution in [2.75, 3.05) is 32.9 Å². The van der Waals surface area contributed by atoms with Gasteiger partial charge < -0.3 is 10.0 Å². The number of nitrogens with zero attached hydrogens (tertiary/aromatic N) is 3. The fourth-order valence-corrected chi connectivity index (χ4v) is 3.62. The van der Waals surface area contributed by atoms with Crippen molar-refractivity contribution >= 4 is 15.9 Å². The van der Waals surface area contributed by atoms with E-state index in [1.165, 1.54) is 25.2 Å². The normalized spacial score (nSPS) is 22.3. The summed E-state index contributed by atoms with van der Waals surface area (Å²) >= 11 is 0. The van der Waals surface area contributed by atoms with E-state index in [0.717, 1.165) is 9.87 Å². The van der Waals surface area contributed by atoms with Gasteiger partial charge in [-0.2, -0.15) is 0 Å². The zero-order valence-corrected chi connectivity index (χ0v) is 13.7. The van der Waals surface area contributed by atoms with Gasteiger partial charge in [0.25, 0.3) is 5.91 Å². The molecule has 7 nitrogen and oxygen atoms in total. The molecule has 1 aliphatic rings. The number of likely N-dealkylation sites (tertiary alicyclic amines) is 1. The highest BCUT2D eigenvalue weighted by molar-refractivity contribution is 7.89. The van der Waals surface area contributed by atoms with E-state index in [-0.39, 0.29) is 24.7 Å². The van der Waals surface area contributed by atoms with E-state index >= 15 is 0 Å². The molecule has 0 bridgehead atoms. The molecule has 0 aliphatic carbocycles. The highest BCUT2D eigenvalue weighted by Gasteiger charge is 2.37. The van der Waals surface area contributed by atoms with Crippen molar-refractivity contribution in [2.45, 2.75) is 13.0 Å². The van der Waals surface area contributed by atoms with E-state index in [1.54, 1.807) is 12.3 Å². The number of pyridine rings is 1. The van der Waals surface area contributed by atoms with Crippen LogP contribution in [0.3, 0.4) is 0 Å². The molecule has 1 amide bonds. The molecule has 0 saturated carbocycles. The number of rotatable bonds is 4. The molecular weight excluding hydrogens is 306 g/mol. The van der Waals surface area contributed by atoms with Gasteiger partial charge in [-0.3, -0.25) is 9.78 Å². The number of hydrogen-bond donors (Lipinski definition) is 1. The number of aliphatic hydroxyl groups excluding tert-OH is 1. The standard InChI is InChI=1S/C14H21N3O4S/c1-10-4-11(6-15-5-10)14(19)17-7-12(13(18)8-17)9-22(20,21)16(2)3/h4-6,12-13,18H,7-9H2,1-3H3/t12-,13+/m0/s1. The monoisotopic (exact) mass is 327 g/mol. The Balaban J connectivity index is 2.09. The van der Waals surface area contributed by atoms with Crippen LogP contribution in [0.2, 0.25) is 0 Å². The SMILES string of the molecule is Cc1cncc(C(=O)N2C[C@@H](CS(=O)(=O)N(C)C)[C@H](O)C2)c1. The molecule has 122 valence electrons. The molecule has 1 aromatic rings. The van der Waals surface area contributed by atoms with E-state index in [9.17, 15) is 18.3 Å². The predicted octanol–water partition coefficient (Wildman–Crippen LogP) is -0.286. The van der Waals surface area contributed by atoms with Crippen molar-refractivity contribution in [1.82, 2.24) is 14.2 Å². The molecule has 0 aromatic carbocycles. The molecular formula is C14H21N3O4S. The molecule has 2 rings (SSSR count). The second kappa shape index (κ2) is 6.31. The Bertz CT molecular complexity index is 660. The summed E-state index contributed by atoms with van der Waals surface area (Å²) in [6, 6.07) is 1.73.